The van der Waals surface area contributed by atoms with Gasteiger partial charge in [-0.2, -0.15) is 13.2 Å². The van der Waals surface area contributed by atoms with Crippen LogP contribution in [-0.2, 0) is 19.3 Å². The van der Waals surface area contributed by atoms with Gasteiger partial charge in [0, 0.05) is 19.3 Å². The van der Waals surface area contributed by atoms with E-state index in [1.165, 1.54) is 6.20 Å². The van der Waals surface area contributed by atoms with Crippen LogP contribution in [0.5, 0.6) is 0 Å². The summed E-state index contributed by atoms with van der Waals surface area (Å²) in [5, 5.41) is 0. The Morgan fingerprint density at radius 2 is 1.75 bits per heavy atom. The molecule has 2 nitrogen and oxygen atoms in total. The minimum Gasteiger partial charge on any atom is -0.298 e. The molecule has 0 saturated carbocycles. The molecule has 5 heteroatoms. The predicted octanol–water partition coefficient (Wildman–Crippen LogP) is 3.07. The van der Waals surface area contributed by atoms with E-state index in [1.807, 2.05) is 25.8 Å². The van der Waals surface area contributed by atoms with E-state index in [0.29, 0.717) is 13.1 Å². The Labute approximate surface area is 93.1 Å². The molecule has 0 radical (unpaired) electrons. The molecular formula is C11H15F3N2. The van der Waals surface area contributed by atoms with Crippen molar-refractivity contribution in [2.24, 2.45) is 0 Å². The Hall–Kier alpha value is -1.10. The minimum absolute atomic E-state index is 0.570. The molecule has 1 aliphatic rings. The SMILES string of the molecule is CC.CN1Cc2cnc(C(F)(F)F)cc2C1. The fraction of sp³-hybridized carbons (Fsp3) is 0.545. The van der Waals surface area contributed by atoms with Gasteiger partial charge in [-0.3, -0.25) is 9.88 Å². The van der Waals surface area contributed by atoms with Crippen molar-refractivity contribution >= 4 is 0 Å². The molecule has 0 aliphatic carbocycles. The molecule has 0 amide bonds. The van der Waals surface area contributed by atoms with E-state index in [-0.39, 0.29) is 0 Å². The van der Waals surface area contributed by atoms with Crippen molar-refractivity contribution in [3.63, 3.8) is 0 Å². The standard InChI is InChI=1S/C9H9F3N2.C2H6/c1-14-4-6-2-8(9(10,11)12)13-3-7(6)5-14;1-2/h2-3H,4-5H2,1H3;1-2H3. The normalized spacial score (nSPS) is 15.4. The molecule has 0 aromatic carbocycles. The van der Waals surface area contributed by atoms with Gasteiger partial charge in [0.25, 0.3) is 0 Å². The summed E-state index contributed by atoms with van der Waals surface area (Å²) in [6, 6.07) is 1.14. The number of rotatable bonds is 0. The highest BCUT2D eigenvalue weighted by atomic mass is 19.4. The summed E-state index contributed by atoms with van der Waals surface area (Å²) in [5.41, 5.74) is 0.821. The van der Waals surface area contributed by atoms with E-state index in [4.69, 9.17) is 0 Å². The fourth-order valence-corrected chi connectivity index (χ4v) is 1.61. The highest BCUT2D eigenvalue weighted by molar-refractivity contribution is 5.30. The molecule has 0 atom stereocenters. The predicted molar refractivity (Wildman–Crippen MR) is 55.8 cm³/mol. The van der Waals surface area contributed by atoms with Crippen LogP contribution in [-0.4, -0.2) is 16.9 Å². The van der Waals surface area contributed by atoms with Crippen LogP contribution in [0.2, 0.25) is 0 Å². The molecule has 1 aliphatic heterocycles. The van der Waals surface area contributed by atoms with Crippen LogP contribution in [0.25, 0.3) is 0 Å². The van der Waals surface area contributed by atoms with Gasteiger partial charge < -0.3 is 0 Å². The first-order valence-electron chi connectivity index (χ1n) is 5.20. The highest BCUT2D eigenvalue weighted by Crippen LogP contribution is 2.30. The van der Waals surface area contributed by atoms with E-state index in [1.54, 1.807) is 0 Å². The van der Waals surface area contributed by atoms with Crippen molar-refractivity contribution < 1.29 is 13.2 Å². The second-order valence-corrected chi connectivity index (χ2v) is 3.51. The fourth-order valence-electron chi connectivity index (χ4n) is 1.61. The third-order valence-corrected chi connectivity index (χ3v) is 2.25. The third kappa shape index (κ3) is 2.72. The van der Waals surface area contributed by atoms with Crippen LogP contribution < -0.4 is 0 Å². The lowest BCUT2D eigenvalue weighted by atomic mass is 10.1. The lowest BCUT2D eigenvalue weighted by molar-refractivity contribution is -0.141. The van der Waals surface area contributed by atoms with Gasteiger partial charge in [0.2, 0.25) is 0 Å². The second-order valence-electron chi connectivity index (χ2n) is 3.51. The van der Waals surface area contributed by atoms with Gasteiger partial charge >= 0.3 is 6.18 Å². The highest BCUT2D eigenvalue weighted by Gasteiger charge is 2.33. The van der Waals surface area contributed by atoms with Gasteiger partial charge in [0.1, 0.15) is 5.69 Å². The average Bonchev–Trinajstić information content (AvgIpc) is 2.58. The summed E-state index contributed by atoms with van der Waals surface area (Å²) in [6.45, 7) is 5.25. The number of halogens is 3. The number of alkyl halides is 3. The molecule has 0 unspecified atom stereocenters. The smallest absolute Gasteiger partial charge is 0.298 e. The number of hydrogen-bond donors (Lipinski definition) is 0. The molecule has 1 aromatic heterocycles. The molecule has 0 bridgehead atoms. The van der Waals surface area contributed by atoms with Crippen LogP contribution in [0, 0.1) is 0 Å². The third-order valence-electron chi connectivity index (χ3n) is 2.25. The topological polar surface area (TPSA) is 16.1 Å². The lowest BCUT2D eigenvalue weighted by Crippen LogP contribution is -2.08. The van der Waals surface area contributed by atoms with Gasteiger partial charge in [-0.15, -0.1) is 0 Å². The molecule has 2 rings (SSSR count). The zero-order valence-corrected chi connectivity index (χ0v) is 9.60. The van der Waals surface area contributed by atoms with Crippen LogP contribution in [0.4, 0.5) is 13.2 Å². The Morgan fingerprint density at radius 1 is 1.19 bits per heavy atom. The first-order valence-corrected chi connectivity index (χ1v) is 5.20. The summed E-state index contributed by atoms with van der Waals surface area (Å²) in [5.74, 6) is 0. The van der Waals surface area contributed by atoms with Gasteiger partial charge in [-0.25, -0.2) is 0 Å². The Morgan fingerprint density at radius 3 is 2.31 bits per heavy atom. The molecule has 2 heterocycles. The maximum atomic E-state index is 12.3. The molecular weight excluding hydrogens is 217 g/mol. The molecule has 0 saturated heterocycles. The molecule has 90 valence electrons. The lowest BCUT2D eigenvalue weighted by Gasteiger charge is -2.06. The number of aromatic nitrogens is 1. The van der Waals surface area contributed by atoms with Crippen molar-refractivity contribution in [3.8, 4) is 0 Å². The summed E-state index contributed by atoms with van der Waals surface area (Å²) in [6.07, 6.45) is -3.02. The van der Waals surface area contributed by atoms with Crippen LogP contribution in [0.3, 0.4) is 0 Å². The van der Waals surface area contributed by atoms with Crippen molar-refractivity contribution in [2.45, 2.75) is 33.1 Å². The molecule has 0 fully saturated rings. The summed E-state index contributed by atoms with van der Waals surface area (Å²) in [7, 11) is 1.87. The van der Waals surface area contributed by atoms with Gasteiger partial charge in [-0.05, 0) is 24.2 Å². The Bertz CT molecular complexity index is 361. The molecule has 0 spiro atoms. The zero-order valence-electron chi connectivity index (χ0n) is 9.60. The maximum absolute atomic E-state index is 12.3. The van der Waals surface area contributed by atoms with Gasteiger partial charge in [-0.1, -0.05) is 13.8 Å². The number of pyridine rings is 1. The molecule has 16 heavy (non-hydrogen) atoms. The van der Waals surface area contributed by atoms with Crippen molar-refractivity contribution in [1.82, 2.24) is 9.88 Å². The van der Waals surface area contributed by atoms with E-state index < -0.39 is 11.9 Å². The van der Waals surface area contributed by atoms with Crippen molar-refractivity contribution in [1.29, 1.82) is 0 Å². The summed E-state index contributed by atoms with van der Waals surface area (Å²) in [4.78, 5) is 5.36. The average molecular weight is 232 g/mol. The number of fused-ring (bicyclic) bond motifs is 1. The van der Waals surface area contributed by atoms with Crippen LogP contribution >= 0.6 is 0 Å². The number of nitrogens with zero attached hydrogens (tertiary/aromatic N) is 2. The van der Waals surface area contributed by atoms with E-state index in [0.717, 1.165) is 17.2 Å². The monoisotopic (exact) mass is 232 g/mol. The second kappa shape index (κ2) is 4.82. The van der Waals surface area contributed by atoms with Gasteiger partial charge in [0.05, 0.1) is 0 Å². The largest absolute Gasteiger partial charge is 0.433 e. The first kappa shape index (κ1) is 13.0. The first-order chi connectivity index (χ1) is 7.47. The van der Waals surface area contributed by atoms with E-state index >= 15 is 0 Å². The van der Waals surface area contributed by atoms with E-state index in [2.05, 4.69) is 4.98 Å². The van der Waals surface area contributed by atoms with Crippen LogP contribution in [0.1, 0.15) is 30.7 Å². The van der Waals surface area contributed by atoms with Gasteiger partial charge in [0.15, 0.2) is 0 Å². The quantitative estimate of drug-likeness (QED) is 0.683. The minimum atomic E-state index is -4.34. The Balaban J connectivity index is 0.000000606. The van der Waals surface area contributed by atoms with E-state index in [9.17, 15) is 13.2 Å². The summed E-state index contributed by atoms with van der Waals surface area (Å²) >= 11 is 0. The number of hydrogen-bond acceptors (Lipinski definition) is 2. The van der Waals surface area contributed by atoms with Crippen molar-refractivity contribution in [2.75, 3.05) is 7.05 Å². The molecule has 0 N–H and O–H groups in total. The maximum Gasteiger partial charge on any atom is 0.433 e. The molecule has 1 aromatic rings. The van der Waals surface area contributed by atoms with Crippen molar-refractivity contribution in [3.05, 3.63) is 29.1 Å². The zero-order chi connectivity index (χ0) is 12.3. The van der Waals surface area contributed by atoms with Crippen LogP contribution in [0.15, 0.2) is 12.3 Å². The Kier molecular flexibility index (Phi) is 3.91. The summed E-state index contributed by atoms with van der Waals surface area (Å²) < 4.78 is 36.8.